The van der Waals surface area contributed by atoms with Gasteiger partial charge in [0.05, 0.1) is 11.5 Å². The fraction of sp³-hybridized carbons (Fsp3) is 0.538. The molecule has 0 spiro atoms. The van der Waals surface area contributed by atoms with E-state index in [1.165, 1.54) is 4.88 Å². The zero-order valence-electron chi connectivity index (χ0n) is 11.1. The van der Waals surface area contributed by atoms with Gasteiger partial charge in [0.25, 0.3) is 0 Å². The Balaban J connectivity index is 1.91. The maximum absolute atomic E-state index is 5.79. The number of ether oxygens (including phenoxy) is 1. The number of fused-ring (bicyclic) bond motifs is 1. The third-order valence-electron chi connectivity index (χ3n) is 3.36. The van der Waals surface area contributed by atoms with Gasteiger partial charge in [0.15, 0.2) is 0 Å². The first kappa shape index (κ1) is 12.6. The number of aromatic nitrogens is 2. The molecular weight excluding hydrogens is 260 g/mol. The molecule has 3 N–H and O–H groups in total. The molecule has 6 heteroatoms. The van der Waals surface area contributed by atoms with Crippen LogP contribution >= 0.6 is 11.3 Å². The van der Waals surface area contributed by atoms with Crippen molar-refractivity contribution < 1.29 is 4.74 Å². The summed E-state index contributed by atoms with van der Waals surface area (Å²) in [7, 11) is 0. The molecule has 0 amide bonds. The van der Waals surface area contributed by atoms with E-state index in [0.29, 0.717) is 18.1 Å². The minimum Gasteiger partial charge on any atom is -0.378 e. The van der Waals surface area contributed by atoms with Crippen molar-refractivity contribution in [2.75, 3.05) is 17.7 Å². The Morgan fingerprint density at radius 1 is 1.47 bits per heavy atom. The summed E-state index contributed by atoms with van der Waals surface area (Å²) >= 11 is 1.65. The Morgan fingerprint density at radius 2 is 2.32 bits per heavy atom. The van der Waals surface area contributed by atoms with Crippen LogP contribution in [0, 0.1) is 6.92 Å². The smallest absolute Gasteiger partial charge is 0.223 e. The van der Waals surface area contributed by atoms with Crippen LogP contribution in [0.15, 0.2) is 6.07 Å². The molecule has 1 aliphatic heterocycles. The number of hydrogen-bond acceptors (Lipinski definition) is 6. The molecule has 2 aromatic rings. The van der Waals surface area contributed by atoms with E-state index in [9.17, 15) is 0 Å². The highest BCUT2D eigenvalue weighted by atomic mass is 32.1. The zero-order chi connectivity index (χ0) is 13.4. The normalized spacial score (nSPS) is 23.7. The first-order valence-corrected chi connectivity index (χ1v) is 7.35. The fourth-order valence-electron chi connectivity index (χ4n) is 2.49. The van der Waals surface area contributed by atoms with Crippen LogP contribution in [0.2, 0.25) is 0 Å². The van der Waals surface area contributed by atoms with Gasteiger partial charge in [-0.05, 0) is 32.8 Å². The van der Waals surface area contributed by atoms with Crippen molar-refractivity contribution in [3.05, 3.63) is 10.9 Å². The van der Waals surface area contributed by atoms with E-state index in [4.69, 9.17) is 10.5 Å². The lowest BCUT2D eigenvalue weighted by molar-refractivity contribution is 0.0232. The van der Waals surface area contributed by atoms with Gasteiger partial charge >= 0.3 is 0 Å². The topological polar surface area (TPSA) is 73.1 Å². The molecule has 5 nitrogen and oxygen atoms in total. The third-order valence-corrected chi connectivity index (χ3v) is 4.30. The summed E-state index contributed by atoms with van der Waals surface area (Å²) in [6.07, 6.45) is 2.29. The first-order chi connectivity index (χ1) is 9.11. The molecule has 0 aromatic carbocycles. The maximum Gasteiger partial charge on any atom is 0.223 e. The van der Waals surface area contributed by atoms with Crippen molar-refractivity contribution in [3.63, 3.8) is 0 Å². The van der Waals surface area contributed by atoms with Crippen LogP contribution in [0.3, 0.4) is 0 Å². The number of nitrogens with one attached hydrogen (secondary N) is 1. The minimum atomic E-state index is 0.296. The van der Waals surface area contributed by atoms with Gasteiger partial charge in [-0.25, -0.2) is 4.98 Å². The lowest BCUT2D eigenvalue weighted by Gasteiger charge is -2.28. The van der Waals surface area contributed by atoms with Gasteiger partial charge < -0.3 is 15.8 Å². The molecule has 0 aliphatic carbocycles. The largest absolute Gasteiger partial charge is 0.378 e. The average molecular weight is 278 g/mol. The maximum atomic E-state index is 5.79. The molecule has 3 heterocycles. The summed E-state index contributed by atoms with van der Waals surface area (Å²) in [5.41, 5.74) is 5.79. The zero-order valence-corrected chi connectivity index (χ0v) is 12.0. The van der Waals surface area contributed by atoms with Gasteiger partial charge in [0, 0.05) is 17.5 Å². The molecule has 19 heavy (non-hydrogen) atoms. The van der Waals surface area contributed by atoms with E-state index in [1.54, 1.807) is 11.3 Å². The molecule has 0 radical (unpaired) electrons. The number of aryl methyl sites for hydroxylation is 1. The van der Waals surface area contributed by atoms with E-state index in [0.717, 1.165) is 35.5 Å². The van der Waals surface area contributed by atoms with E-state index >= 15 is 0 Å². The average Bonchev–Trinajstić information content (AvgIpc) is 2.69. The summed E-state index contributed by atoms with van der Waals surface area (Å²) in [4.78, 5) is 10.8. The van der Waals surface area contributed by atoms with E-state index < -0.39 is 0 Å². The van der Waals surface area contributed by atoms with Crippen molar-refractivity contribution in [1.82, 2.24) is 9.97 Å². The summed E-state index contributed by atoms with van der Waals surface area (Å²) in [6, 6.07) is 2.51. The first-order valence-electron chi connectivity index (χ1n) is 6.53. The van der Waals surface area contributed by atoms with Crippen LogP contribution in [0.4, 0.5) is 11.8 Å². The molecule has 102 valence electrons. The second-order valence-electron chi connectivity index (χ2n) is 5.05. The molecule has 0 bridgehead atoms. The van der Waals surface area contributed by atoms with Crippen molar-refractivity contribution >= 4 is 33.3 Å². The lowest BCUT2D eigenvalue weighted by atomic mass is 10.0. The lowest BCUT2D eigenvalue weighted by Crippen LogP contribution is -2.32. The minimum absolute atomic E-state index is 0.296. The Morgan fingerprint density at radius 3 is 3.11 bits per heavy atom. The Hall–Kier alpha value is -1.40. The van der Waals surface area contributed by atoms with Gasteiger partial charge in [-0.3, -0.25) is 0 Å². The van der Waals surface area contributed by atoms with Crippen LogP contribution in [0.1, 0.15) is 24.6 Å². The van der Waals surface area contributed by atoms with Gasteiger partial charge in [-0.15, -0.1) is 11.3 Å². The van der Waals surface area contributed by atoms with Crippen molar-refractivity contribution in [2.45, 2.75) is 38.8 Å². The Bertz CT molecular complexity index is 598. The predicted octanol–water partition coefficient (Wildman–Crippen LogP) is 2.56. The second kappa shape index (κ2) is 4.94. The quantitative estimate of drug-likeness (QED) is 0.883. The summed E-state index contributed by atoms with van der Waals surface area (Å²) in [5, 5.41) is 4.57. The monoisotopic (exact) mass is 278 g/mol. The number of nitrogens with zero attached hydrogens (tertiary/aromatic N) is 2. The van der Waals surface area contributed by atoms with Crippen LogP contribution in [-0.4, -0.2) is 28.7 Å². The predicted molar refractivity (Wildman–Crippen MR) is 78.6 cm³/mol. The van der Waals surface area contributed by atoms with E-state index in [1.807, 2.05) is 0 Å². The van der Waals surface area contributed by atoms with Crippen LogP contribution < -0.4 is 11.1 Å². The molecule has 1 aliphatic rings. The van der Waals surface area contributed by atoms with Gasteiger partial charge in [-0.2, -0.15) is 4.98 Å². The molecule has 2 atom stereocenters. The summed E-state index contributed by atoms with van der Waals surface area (Å²) in [6.45, 7) is 4.97. The fourth-order valence-corrected chi connectivity index (χ4v) is 3.38. The molecule has 3 rings (SSSR count). The molecule has 2 unspecified atom stereocenters. The molecule has 1 fully saturated rings. The van der Waals surface area contributed by atoms with E-state index in [-0.39, 0.29) is 0 Å². The van der Waals surface area contributed by atoms with Crippen LogP contribution in [0.25, 0.3) is 10.2 Å². The number of rotatable bonds is 2. The number of thiophene rings is 1. The highest BCUT2D eigenvalue weighted by molar-refractivity contribution is 7.18. The van der Waals surface area contributed by atoms with Gasteiger partial charge in [0.1, 0.15) is 10.6 Å². The number of nitrogen functional groups attached to an aromatic ring is 1. The van der Waals surface area contributed by atoms with Crippen molar-refractivity contribution in [1.29, 1.82) is 0 Å². The SMILES string of the molecule is Cc1cc2c(NC3CCOC(C)C3)nc(N)nc2s1. The standard InChI is InChI=1S/C13H18N4OS/c1-7-5-9(3-4-18-7)15-11-10-6-8(2)19-12(10)17-13(14)16-11/h6-7,9H,3-5H2,1-2H3,(H3,14,15,16,17). The Kier molecular flexibility index (Phi) is 3.28. The summed E-state index contributed by atoms with van der Waals surface area (Å²) in [5.74, 6) is 1.18. The van der Waals surface area contributed by atoms with Crippen LogP contribution in [-0.2, 0) is 4.74 Å². The molecular formula is C13H18N4OS. The highest BCUT2D eigenvalue weighted by Crippen LogP contribution is 2.30. The number of anilines is 2. The van der Waals surface area contributed by atoms with Crippen molar-refractivity contribution in [2.24, 2.45) is 0 Å². The molecule has 0 saturated carbocycles. The highest BCUT2D eigenvalue weighted by Gasteiger charge is 2.21. The van der Waals surface area contributed by atoms with E-state index in [2.05, 4.69) is 35.2 Å². The molecule has 1 saturated heterocycles. The molecule has 2 aromatic heterocycles. The third kappa shape index (κ3) is 2.64. The summed E-state index contributed by atoms with van der Waals surface area (Å²) < 4.78 is 5.57. The van der Waals surface area contributed by atoms with Crippen LogP contribution in [0.5, 0.6) is 0 Å². The second-order valence-corrected chi connectivity index (χ2v) is 6.29. The van der Waals surface area contributed by atoms with Crippen molar-refractivity contribution in [3.8, 4) is 0 Å². The number of hydrogen-bond donors (Lipinski definition) is 2. The Labute approximate surface area is 116 Å². The number of nitrogens with two attached hydrogens (primary N) is 1. The van der Waals surface area contributed by atoms with Gasteiger partial charge in [0.2, 0.25) is 5.95 Å². The van der Waals surface area contributed by atoms with Gasteiger partial charge in [-0.1, -0.05) is 0 Å².